The molecule has 0 amide bonds. The van der Waals surface area contributed by atoms with Crippen LogP contribution >= 0.6 is 0 Å². The molecule has 0 unspecified atom stereocenters. The van der Waals surface area contributed by atoms with Crippen LogP contribution in [0.1, 0.15) is 13.8 Å². The third-order valence-corrected chi connectivity index (χ3v) is 1.77. The molecule has 0 atom stereocenters. The van der Waals surface area contributed by atoms with Crippen molar-refractivity contribution < 1.29 is 4.79 Å². The number of aliphatic imine (C=N–C) groups is 1. The van der Waals surface area contributed by atoms with Crippen molar-refractivity contribution in [1.82, 2.24) is 4.90 Å². The summed E-state index contributed by atoms with van der Waals surface area (Å²) in [6.07, 6.45) is 9.20. The molecule has 0 radical (unpaired) electrons. The molecule has 84 valence electrons. The highest BCUT2D eigenvalue weighted by Gasteiger charge is 1.99. The van der Waals surface area contributed by atoms with Gasteiger partial charge in [-0.25, -0.2) is 0 Å². The van der Waals surface area contributed by atoms with Gasteiger partial charge in [0.25, 0.3) is 0 Å². The zero-order chi connectivity index (χ0) is 11.8. The summed E-state index contributed by atoms with van der Waals surface area (Å²) in [6.45, 7) is 4.38. The third-order valence-electron chi connectivity index (χ3n) is 1.77. The molecule has 5 heteroatoms. The van der Waals surface area contributed by atoms with Gasteiger partial charge in [0, 0.05) is 12.4 Å². The molecule has 1 aliphatic heterocycles. The van der Waals surface area contributed by atoms with Crippen LogP contribution in [0.2, 0.25) is 0 Å². The molecule has 0 spiro atoms. The van der Waals surface area contributed by atoms with Crippen molar-refractivity contribution in [3.8, 4) is 0 Å². The zero-order valence-electron chi connectivity index (χ0n) is 9.37. The standard InChI is InChI=1S/C11H14N4O/c1-3-4-11(8-16)14-13-9-15-6-5-12-10(2)7-15/h3-5,7-9H,6H2,1-2H3/b4-3-,13-9+,14-11+. The molecule has 0 N–H and O–H groups in total. The molecule has 0 aromatic carbocycles. The predicted molar refractivity (Wildman–Crippen MR) is 65.8 cm³/mol. The lowest BCUT2D eigenvalue weighted by molar-refractivity contribution is -0.102. The number of hydrogen-bond acceptors (Lipinski definition) is 4. The Morgan fingerprint density at radius 3 is 3.06 bits per heavy atom. The summed E-state index contributed by atoms with van der Waals surface area (Å²) < 4.78 is 0. The van der Waals surface area contributed by atoms with Crippen molar-refractivity contribution in [2.24, 2.45) is 15.2 Å². The largest absolute Gasteiger partial charge is 0.330 e. The Morgan fingerprint density at radius 1 is 1.62 bits per heavy atom. The highest BCUT2D eigenvalue weighted by molar-refractivity contribution is 6.33. The molecule has 1 heterocycles. The first-order valence-corrected chi connectivity index (χ1v) is 4.92. The van der Waals surface area contributed by atoms with Gasteiger partial charge in [0.05, 0.1) is 12.2 Å². The van der Waals surface area contributed by atoms with Gasteiger partial charge in [-0.05, 0) is 19.9 Å². The molecule has 0 saturated heterocycles. The van der Waals surface area contributed by atoms with E-state index in [2.05, 4.69) is 15.2 Å². The molecule has 5 nitrogen and oxygen atoms in total. The van der Waals surface area contributed by atoms with Crippen LogP contribution in [0.25, 0.3) is 0 Å². The van der Waals surface area contributed by atoms with E-state index in [-0.39, 0.29) is 0 Å². The van der Waals surface area contributed by atoms with E-state index in [1.807, 2.05) is 24.9 Å². The van der Waals surface area contributed by atoms with E-state index in [1.54, 1.807) is 24.7 Å². The van der Waals surface area contributed by atoms with Crippen LogP contribution < -0.4 is 0 Å². The Hall–Kier alpha value is -2.04. The van der Waals surface area contributed by atoms with E-state index in [0.717, 1.165) is 5.70 Å². The maximum atomic E-state index is 10.5. The first-order chi connectivity index (χ1) is 7.76. The van der Waals surface area contributed by atoms with Crippen molar-refractivity contribution >= 4 is 24.6 Å². The summed E-state index contributed by atoms with van der Waals surface area (Å²) in [5.74, 6) is 0. The number of carbonyl (C=O) groups is 1. The maximum Gasteiger partial charge on any atom is 0.170 e. The van der Waals surface area contributed by atoms with Crippen LogP contribution in [0.4, 0.5) is 0 Å². The van der Waals surface area contributed by atoms with Crippen LogP contribution in [0, 0.1) is 0 Å². The second-order valence-corrected chi connectivity index (χ2v) is 3.15. The minimum atomic E-state index is 0.296. The summed E-state index contributed by atoms with van der Waals surface area (Å²) >= 11 is 0. The summed E-state index contributed by atoms with van der Waals surface area (Å²) in [6, 6.07) is 0. The van der Waals surface area contributed by atoms with Gasteiger partial charge in [-0.3, -0.25) is 9.79 Å². The van der Waals surface area contributed by atoms with Crippen LogP contribution in [0.15, 0.2) is 39.2 Å². The van der Waals surface area contributed by atoms with E-state index in [4.69, 9.17) is 0 Å². The molecular formula is C11H14N4O. The number of aldehydes is 1. The quantitative estimate of drug-likeness (QED) is 0.310. The summed E-state index contributed by atoms with van der Waals surface area (Å²) in [5.41, 5.74) is 1.20. The third kappa shape index (κ3) is 4.00. The molecule has 1 aliphatic rings. The van der Waals surface area contributed by atoms with Gasteiger partial charge in [0.2, 0.25) is 0 Å². The Kier molecular flexibility index (Phi) is 4.85. The fourth-order valence-corrected chi connectivity index (χ4v) is 1.11. The molecular weight excluding hydrogens is 204 g/mol. The molecule has 0 aromatic heterocycles. The molecule has 0 saturated carbocycles. The average molecular weight is 218 g/mol. The molecule has 1 rings (SSSR count). The molecule has 0 aliphatic carbocycles. The van der Waals surface area contributed by atoms with E-state index < -0.39 is 0 Å². The lowest BCUT2D eigenvalue weighted by Gasteiger charge is -2.14. The lowest BCUT2D eigenvalue weighted by Crippen LogP contribution is -2.20. The molecule has 0 bridgehead atoms. The molecule has 16 heavy (non-hydrogen) atoms. The minimum absolute atomic E-state index is 0.296. The van der Waals surface area contributed by atoms with Crippen molar-refractivity contribution in [1.29, 1.82) is 0 Å². The number of nitrogens with zero attached hydrogens (tertiary/aromatic N) is 4. The predicted octanol–water partition coefficient (Wildman–Crippen LogP) is 1.39. The van der Waals surface area contributed by atoms with Crippen LogP contribution in [-0.4, -0.2) is 36.0 Å². The summed E-state index contributed by atoms with van der Waals surface area (Å²) in [5, 5.41) is 7.59. The van der Waals surface area contributed by atoms with Gasteiger partial charge in [0.15, 0.2) is 6.29 Å². The smallest absolute Gasteiger partial charge is 0.170 e. The van der Waals surface area contributed by atoms with Gasteiger partial charge in [-0.2, -0.15) is 0 Å². The Labute approximate surface area is 94.6 Å². The highest BCUT2D eigenvalue weighted by Crippen LogP contribution is 2.01. The first-order valence-electron chi connectivity index (χ1n) is 4.92. The number of rotatable bonds is 4. The number of hydrogen-bond donors (Lipinski definition) is 0. The summed E-state index contributed by atoms with van der Waals surface area (Å²) in [4.78, 5) is 16.5. The van der Waals surface area contributed by atoms with E-state index in [1.165, 1.54) is 0 Å². The molecule has 0 fully saturated rings. The van der Waals surface area contributed by atoms with Gasteiger partial charge in [-0.1, -0.05) is 6.08 Å². The topological polar surface area (TPSA) is 57.4 Å². The van der Waals surface area contributed by atoms with Gasteiger partial charge >= 0.3 is 0 Å². The zero-order valence-corrected chi connectivity index (χ0v) is 9.37. The minimum Gasteiger partial charge on any atom is -0.330 e. The monoisotopic (exact) mass is 218 g/mol. The average Bonchev–Trinajstić information content (AvgIpc) is 2.28. The van der Waals surface area contributed by atoms with Crippen LogP contribution in [-0.2, 0) is 4.79 Å². The maximum absolute atomic E-state index is 10.5. The van der Waals surface area contributed by atoms with Crippen molar-refractivity contribution in [2.45, 2.75) is 13.8 Å². The SMILES string of the molecule is C\C=C/C(C=O)=N\N=C\N1C=C(C)N=CC1. The van der Waals surface area contributed by atoms with Crippen LogP contribution in [0.5, 0.6) is 0 Å². The Morgan fingerprint density at radius 2 is 2.44 bits per heavy atom. The summed E-state index contributed by atoms with van der Waals surface area (Å²) in [7, 11) is 0. The Bertz CT molecular complexity index is 391. The van der Waals surface area contributed by atoms with Gasteiger partial charge in [-0.15, -0.1) is 10.2 Å². The second-order valence-electron chi connectivity index (χ2n) is 3.15. The van der Waals surface area contributed by atoms with Gasteiger partial charge in [0.1, 0.15) is 12.1 Å². The van der Waals surface area contributed by atoms with E-state index in [0.29, 0.717) is 18.5 Å². The highest BCUT2D eigenvalue weighted by atomic mass is 16.1. The molecule has 0 aromatic rings. The second kappa shape index (κ2) is 6.44. The van der Waals surface area contributed by atoms with Crippen molar-refractivity contribution in [3.63, 3.8) is 0 Å². The number of allylic oxidation sites excluding steroid dienone is 3. The van der Waals surface area contributed by atoms with Crippen LogP contribution in [0.3, 0.4) is 0 Å². The Balaban J connectivity index is 2.60. The van der Waals surface area contributed by atoms with E-state index in [9.17, 15) is 4.79 Å². The number of carbonyl (C=O) groups excluding carboxylic acids is 1. The normalized spacial score (nSPS) is 17.2. The fraction of sp³-hybridized carbons (Fsp3) is 0.273. The lowest BCUT2D eigenvalue weighted by atomic mass is 10.4. The van der Waals surface area contributed by atoms with E-state index >= 15 is 0 Å². The van der Waals surface area contributed by atoms with Crippen molar-refractivity contribution in [3.05, 3.63) is 24.0 Å². The first kappa shape index (κ1) is 12.0. The van der Waals surface area contributed by atoms with Gasteiger partial charge < -0.3 is 4.90 Å². The fourth-order valence-electron chi connectivity index (χ4n) is 1.11. The van der Waals surface area contributed by atoms with Crippen molar-refractivity contribution in [2.75, 3.05) is 6.54 Å².